The maximum atomic E-state index is 6.07. The third kappa shape index (κ3) is 3.18. The second-order valence-electron chi connectivity index (χ2n) is 5.98. The molecule has 2 atom stereocenters. The molecular formula is C15H28N4. The zero-order valence-electron chi connectivity index (χ0n) is 12.5. The normalized spacial score (nSPS) is 22.9. The van der Waals surface area contributed by atoms with Crippen LogP contribution in [-0.2, 0) is 0 Å². The largest absolute Gasteiger partial charge is 0.331 e. The third-order valence-corrected chi connectivity index (χ3v) is 4.39. The van der Waals surface area contributed by atoms with Crippen LogP contribution in [0.5, 0.6) is 0 Å². The molecule has 4 nitrogen and oxygen atoms in total. The molecule has 0 spiro atoms. The Balaban J connectivity index is 2.17. The molecular weight excluding hydrogens is 236 g/mol. The second kappa shape index (κ2) is 6.53. The Bertz CT molecular complexity index is 385. The van der Waals surface area contributed by atoms with Crippen molar-refractivity contribution in [2.24, 2.45) is 11.7 Å². The minimum absolute atomic E-state index is 0.319. The molecule has 0 radical (unpaired) electrons. The molecule has 108 valence electrons. The van der Waals surface area contributed by atoms with E-state index in [1.165, 1.54) is 38.0 Å². The van der Waals surface area contributed by atoms with Crippen LogP contribution in [-0.4, -0.2) is 34.1 Å². The van der Waals surface area contributed by atoms with Crippen LogP contribution in [0.4, 0.5) is 0 Å². The van der Waals surface area contributed by atoms with Gasteiger partial charge in [-0.25, -0.2) is 4.98 Å². The van der Waals surface area contributed by atoms with Gasteiger partial charge in [-0.05, 0) is 39.2 Å². The fourth-order valence-corrected chi connectivity index (χ4v) is 3.17. The van der Waals surface area contributed by atoms with Crippen molar-refractivity contribution in [3.8, 4) is 0 Å². The molecule has 1 saturated heterocycles. The van der Waals surface area contributed by atoms with Gasteiger partial charge in [0, 0.05) is 25.3 Å². The monoisotopic (exact) mass is 264 g/mol. The van der Waals surface area contributed by atoms with E-state index in [0.717, 1.165) is 5.92 Å². The first kappa shape index (κ1) is 14.5. The quantitative estimate of drug-likeness (QED) is 0.889. The standard InChI is InChI=1S/C15H28N4/c1-4-13-6-5-7-18(10-13)14(8-16)15-9-17-11-19(15)12(2)3/h9,11-14H,4-8,10,16H2,1-3H3. The SMILES string of the molecule is CCC1CCCN(C(CN)c2cncn2C(C)C)C1. The van der Waals surface area contributed by atoms with E-state index in [-0.39, 0.29) is 0 Å². The molecule has 0 saturated carbocycles. The summed E-state index contributed by atoms with van der Waals surface area (Å²) < 4.78 is 2.26. The highest BCUT2D eigenvalue weighted by molar-refractivity contribution is 5.08. The number of hydrogen-bond acceptors (Lipinski definition) is 3. The first-order valence-corrected chi connectivity index (χ1v) is 7.63. The minimum Gasteiger partial charge on any atom is -0.331 e. The van der Waals surface area contributed by atoms with Gasteiger partial charge in [0.05, 0.1) is 18.1 Å². The smallest absolute Gasteiger partial charge is 0.0951 e. The Kier molecular flexibility index (Phi) is 4.99. The van der Waals surface area contributed by atoms with Crippen LogP contribution in [0.2, 0.25) is 0 Å². The van der Waals surface area contributed by atoms with E-state index in [0.29, 0.717) is 18.6 Å². The fraction of sp³-hybridized carbons (Fsp3) is 0.800. The highest BCUT2D eigenvalue weighted by Crippen LogP contribution is 2.28. The molecule has 1 fully saturated rings. The maximum absolute atomic E-state index is 6.07. The van der Waals surface area contributed by atoms with Crippen molar-refractivity contribution in [1.29, 1.82) is 0 Å². The first-order valence-electron chi connectivity index (χ1n) is 7.63. The van der Waals surface area contributed by atoms with Gasteiger partial charge in [0.15, 0.2) is 0 Å². The van der Waals surface area contributed by atoms with E-state index in [2.05, 4.69) is 35.2 Å². The van der Waals surface area contributed by atoms with Crippen LogP contribution in [0.15, 0.2) is 12.5 Å². The lowest BCUT2D eigenvalue weighted by Gasteiger charge is -2.38. The van der Waals surface area contributed by atoms with Crippen molar-refractivity contribution in [3.63, 3.8) is 0 Å². The number of aromatic nitrogens is 2. The molecule has 1 aromatic rings. The van der Waals surface area contributed by atoms with E-state index in [4.69, 9.17) is 5.73 Å². The predicted octanol–water partition coefficient (Wildman–Crippen LogP) is 2.59. The number of likely N-dealkylation sites (tertiary alicyclic amines) is 1. The summed E-state index contributed by atoms with van der Waals surface area (Å²) in [5.74, 6) is 0.832. The number of piperidine rings is 1. The fourth-order valence-electron chi connectivity index (χ4n) is 3.17. The summed E-state index contributed by atoms with van der Waals surface area (Å²) in [6, 6.07) is 0.762. The van der Waals surface area contributed by atoms with Gasteiger partial charge in [-0.2, -0.15) is 0 Å². The summed E-state index contributed by atoms with van der Waals surface area (Å²) in [4.78, 5) is 6.89. The topological polar surface area (TPSA) is 47.1 Å². The number of imidazole rings is 1. The third-order valence-electron chi connectivity index (χ3n) is 4.39. The van der Waals surface area contributed by atoms with Crippen LogP contribution in [0.3, 0.4) is 0 Å². The lowest BCUT2D eigenvalue weighted by molar-refractivity contribution is 0.119. The molecule has 4 heteroatoms. The van der Waals surface area contributed by atoms with Gasteiger partial charge in [0.2, 0.25) is 0 Å². The summed E-state index contributed by atoms with van der Waals surface area (Å²) in [7, 11) is 0. The molecule has 2 heterocycles. The van der Waals surface area contributed by atoms with Crippen LogP contribution < -0.4 is 5.73 Å². The van der Waals surface area contributed by atoms with Crippen LogP contribution >= 0.6 is 0 Å². The Labute approximate surface area is 117 Å². The minimum atomic E-state index is 0.319. The molecule has 2 N–H and O–H groups in total. The van der Waals surface area contributed by atoms with Crippen molar-refractivity contribution < 1.29 is 0 Å². The van der Waals surface area contributed by atoms with Gasteiger partial charge in [-0.1, -0.05) is 13.3 Å². The van der Waals surface area contributed by atoms with E-state index in [1.807, 2.05) is 12.5 Å². The summed E-state index contributed by atoms with van der Waals surface area (Å²) in [5.41, 5.74) is 7.34. The molecule has 2 rings (SSSR count). The van der Waals surface area contributed by atoms with E-state index < -0.39 is 0 Å². The van der Waals surface area contributed by atoms with Crippen molar-refractivity contribution in [1.82, 2.24) is 14.5 Å². The molecule has 0 bridgehead atoms. The highest BCUT2D eigenvalue weighted by Gasteiger charge is 2.27. The summed E-state index contributed by atoms with van der Waals surface area (Å²) in [6.45, 7) is 9.72. The predicted molar refractivity (Wildman–Crippen MR) is 79.0 cm³/mol. The van der Waals surface area contributed by atoms with Crippen LogP contribution in [0.1, 0.15) is 57.8 Å². The number of hydrogen-bond donors (Lipinski definition) is 1. The molecule has 2 unspecified atom stereocenters. The number of nitrogens with zero attached hydrogens (tertiary/aromatic N) is 3. The van der Waals surface area contributed by atoms with E-state index in [9.17, 15) is 0 Å². The first-order chi connectivity index (χ1) is 9.17. The summed E-state index contributed by atoms with van der Waals surface area (Å²) in [6.07, 6.45) is 7.87. The molecule has 1 aliphatic rings. The van der Waals surface area contributed by atoms with Crippen molar-refractivity contribution in [2.45, 2.75) is 52.1 Å². The summed E-state index contributed by atoms with van der Waals surface area (Å²) in [5, 5.41) is 0. The number of rotatable bonds is 5. The van der Waals surface area contributed by atoms with Crippen molar-refractivity contribution in [3.05, 3.63) is 18.2 Å². The van der Waals surface area contributed by atoms with Crippen LogP contribution in [0.25, 0.3) is 0 Å². The summed E-state index contributed by atoms with van der Waals surface area (Å²) >= 11 is 0. The Morgan fingerprint density at radius 1 is 1.47 bits per heavy atom. The molecule has 0 aromatic carbocycles. The average Bonchev–Trinajstić information content (AvgIpc) is 2.89. The highest BCUT2D eigenvalue weighted by atomic mass is 15.2. The van der Waals surface area contributed by atoms with Crippen molar-refractivity contribution >= 4 is 0 Å². The Morgan fingerprint density at radius 2 is 2.26 bits per heavy atom. The zero-order chi connectivity index (χ0) is 13.8. The lowest BCUT2D eigenvalue weighted by atomic mass is 9.94. The van der Waals surface area contributed by atoms with Gasteiger partial charge in [0.25, 0.3) is 0 Å². The van der Waals surface area contributed by atoms with Gasteiger partial charge in [0.1, 0.15) is 0 Å². The molecule has 19 heavy (non-hydrogen) atoms. The van der Waals surface area contributed by atoms with E-state index in [1.54, 1.807) is 0 Å². The second-order valence-corrected chi connectivity index (χ2v) is 5.98. The molecule has 0 amide bonds. The van der Waals surface area contributed by atoms with Gasteiger partial charge in [-0.15, -0.1) is 0 Å². The molecule has 1 aromatic heterocycles. The van der Waals surface area contributed by atoms with Gasteiger partial charge >= 0.3 is 0 Å². The van der Waals surface area contributed by atoms with Crippen LogP contribution in [0, 0.1) is 5.92 Å². The van der Waals surface area contributed by atoms with Gasteiger partial charge in [-0.3, -0.25) is 4.90 Å². The van der Waals surface area contributed by atoms with Gasteiger partial charge < -0.3 is 10.3 Å². The average molecular weight is 264 g/mol. The van der Waals surface area contributed by atoms with E-state index >= 15 is 0 Å². The molecule has 0 aliphatic carbocycles. The maximum Gasteiger partial charge on any atom is 0.0951 e. The lowest BCUT2D eigenvalue weighted by Crippen LogP contribution is -2.41. The Hall–Kier alpha value is -0.870. The Morgan fingerprint density at radius 3 is 2.89 bits per heavy atom. The number of nitrogens with two attached hydrogens (primary N) is 1. The zero-order valence-corrected chi connectivity index (χ0v) is 12.5. The van der Waals surface area contributed by atoms with Crippen molar-refractivity contribution in [2.75, 3.05) is 19.6 Å². The molecule has 1 aliphatic heterocycles.